The van der Waals surface area contributed by atoms with Crippen molar-refractivity contribution in [1.82, 2.24) is 0 Å². The summed E-state index contributed by atoms with van der Waals surface area (Å²) in [4.78, 5) is 0. The first kappa shape index (κ1) is 16.2. The molecule has 0 aromatic carbocycles. The van der Waals surface area contributed by atoms with Crippen molar-refractivity contribution in [3.63, 3.8) is 0 Å². The van der Waals surface area contributed by atoms with Crippen molar-refractivity contribution < 1.29 is 25.7 Å². The van der Waals surface area contributed by atoms with Gasteiger partial charge >= 0.3 is 22.5 Å². The van der Waals surface area contributed by atoms with Gasteiger partial charge in [-0.05, 0) is 48.1 Å². The molecule has 0 heterocycles. The lowest BCUT2D eigenvalue weighted by molar-refractivity contribution is -0.0503. The molecule has 0 N–H and O–H groups in total. The van der Waals surface area contributed by atoms with Gasteiger partial charge in [0.2, 0.25) is 0 Å². The molecule has 4 aliphatic rings. The van der Waals surface area contributed by atoms with E-state index in [1.807, 2.05) is 0 Å². The summed E-state index contributed by atoms with van der Waals surface area (Å²) in [6.45, 7) is -0.757. The number of rotatable bonds is 4. The van der Waals surface area contributed by atoms with E-state index in [2.05, 4.69) is 0 Å². The molecular formula is C15H22BF3O3S. The Morgan fingerprint density at radius 1 is 0.826 bits per heavy atom. The van der Waals surface area contributed by atoms with Gasteiger partial charge in [0.1, 0.15) is 0 Å². The predicted octanol–water partition coefficient (Wildman–Crippen LogP) is 4.22. The van der Waals surface area contributed by atoms with E-state index < -0.39 is 22.5 Å². The summed E-state index contributed by atoms with van der Waals surface area (Å²) >= 11 is 0. The molecule has 23 heavy (non-hydrogen) atoms. The van der Waals surface area contributed by atoms with Crippen LogP contribution >= 0.6 is 0 Å². The van der Waals surface area contributed by atoms with Gasteiger partial charge < -0.3 is 4.10 Å². The highest BCUT2D eigenvalue weighted by atomic mass is 32.2. The van der Waals surface area contributed by atoms with Gasteiger partial charge in [-0.3, -0.25) is 0 Å². The monoisotopic (exact) mass is 350 g/mol. The molecule has 0 aliphatic heterocycles. The van der Waals surface area contributed by atoms with E-state index in [9.17, 15) is 21.6 Å². The molecule has 0 aromatic heterocycles. The SMILES string of the molecule is O=S(=O)(OB([C@@H]1C[C@H]2CC[C@@H]1C2)[C@@H]1C[C@H]2CC[C@@H]1C2)C(F)(F)F. The number of hydrogen-bond acceptors (Lipinski definition) is 3. The second-order valence-electron chi connectivity index (χ2n) is 8.14. The number of alkyl halides is 3. The van der Waals surface area contributed by atoms with Crippen LogP contribution in [0.25, 0.3) is 0 Å². The Hall–Kier alpha value is -0.235. The van der Waals surface area contributed by atoms with Crippen molar-refractivity contribution >= 4 is 17.0 Å². The third-order valence-electron chi connectivity index (χ3n) is 6.95. The van der Waals surface area contributed by atoms with Crippen molar-refractivity contribution in [2.75, 3.05) is 0 Å². The Labute approximate surface area is 135 Å². The topological polar surface area (TPSA) is 43.4 Å². The molecule has 4 fully saturated rings. The molecule has 4 bridgehead atoms. The molecule has 0 radical (unpaired) electrons. The highest BCUT2D eigenvalue weighted by Gasteiger charge is 2.58. The summed E-state index contributed by atoms with van der Waals surface area (Å²) in [6, 6.07) is 0. The van der Waals surface area contributed by atoms with E-state index in [4.69, 9.17) is 4.10 Å². The van der Waals surface area contributed by atoms with Crippen molar-refractivity contribution in [1.29, 1.82) is 0 Å². The molecule has 8 heteroatoms. The first-order chi connectivity index (χ1) is 10.7. The standard InChI is InChI=1S/C15H22BF3O3S/c17-15(18,19)23(20,21)22-16(13-7-9-1-3-11(13)5-9)14-8-10-2-4-12(14)6-10/h9-14H,1-8H2/t9-,10-,11+,12+,13+,14+/m0/s1. The number of fused-ring (bicyclic) bond motifs is 4. The minimum Gasteiger partial charge on any atom is -0.326 e. The van der Waals surface area contributed by atoms with Crippen LogP contribution in [0.5, 0.6) is 0 Å². The van der Waals surface area contributed by atoms with Gasteiger partial charge in [-0.15, -0.1) is 0 Å². The molecule has 0 unspecified atom stereocenters. The normalized spacial score (nSPS) is 42.6. The van der Waals surface area contributed by atoms with Gasteiger partial charge in [-0.2, -0.15) is 21.6 Å². The second-order valence-corrected chi connectivity index (χ2v) is 9.70. The van der Waals surface area contributed by atoms with Crippen molar-refractivity contribution in [3.8, 4) is 0 Å². The van der Waals surface area contributed by atoms with Crippen molar-refractivity contribution in [2.24, 2.45) is 23.7 Å². The van der Waals surface area contributed by atoms with Gasteiger partial charge in [0.05, 0.1) is 0 Å². The van der Waals surface area contributed by atoms with E-state index in [0.717, 1.165) is 51.4 Å². The zero-order chi connectivity index (χ0) is 16.4. The third-order valence-corrected chi connectivity index (χ3v) is 7.99. The lowest BCUT2D eigenvalue weighted by Crippen LogP contribution is -2.41. The molecule has 0 amide bonds. The largest absolute Gasteiger partial charge is 0.521 e. The maximum atomic E-state index is 12.8. The maximum Gasteiger partial charge on any atom is 0.521 e. The lowest BCUT2D eigenvalue weighted by atomic mass is 9.41. The highest BCUT2D eigenvalue weighted by Crippen LogP contribution is 2.60. The van der Waals surface area contributed by atoms with Crippen LogP contribution < -0.4 is 0 Å². The van der Waals surface area contributed by atoms with Gasteiger partial charge in [0.15, 0.2) is 0 Å². The fraction of sp³-hybridized carbons (Fsp3) is 1.00. The summed E-state index contributed by atoms with van der Waals surface area (Å²) in [5, 5.41) is 0. The first-order valence-electron chi connectivity index (χ1n) is 8.74. The van der Waals surface area contributed by atoms with Crippen molar-refractivity contribution in [3.05, 3.63) is 0 Å². The molecule has 130 valence electrons. The maximum absolute atomic E-state index is 12.8. The summed E-state index contributed by atoms with van der Waals surface area (Å²) in [5.74, 6) is 1.82. The van der Waals surface area contributed by atoms with Crippen molar-refractivity contribution in [2.45, 2.75) is 68.5 Å². The Kier molecular flexibility index (Phi) is 3.80. The summed E-state index contributed by atoms with van der Waals surface area (Å²) in [7, 11) is -5.51. The summed E-state index contributed by atoms with van der Waals surface area (Å²) in [6.07, 6.45) is 8.07. The molecule has 4 saturated carbocycles. The zero-order valence-corrected chi connectivity index (χ0v) is 13.8. The zero-order valence-electron chi connectivity index (χ0n) is 13.0. The van der Waals surface area contributed by atoms with Crippen LogP contribution in [0.2, 0.25) is 11.6 Å². The van der Waals surface area contributed by atoms with Gasteiger partial charge in [-0.25, -0.2) is 0 Å². The average Bonchev–Trinajstić information content (AvgIpc) is 3.22. The molecular weight excluding hydrogens is 328 g/mol. The van der Waals surface area contributed by atoms with E-state index in [1.54, 1.807) is 0 Å². The predicted molar refractivity (Wildman–Crippen MR) is 80.2 cm³/mol. The van der Waals surface area contributed by atoms with E-state index in [-0.39, 0.29) is 11.6 Å². The Balaban J connectivity index is 1.59. The fourth-order valence-electron chi connectivity index (χ4n) is 6.05. The van der Waals surface area contributed by atoms with Crippen LogP contribution in [0.3, 0.4) is 0 Å². The van der Waals surface area contributed by atoms with Crippen LogP contribution in [0, 0.1) is 23.7 Å². The van der Waals surface area contributed by atoms with Crippen LogP contribution in [-0.4, -0.2) is 20.8 Å². The molecule has 3 nitrogen and oxygen atoms in total. The molecule has 4 aliphatic carbocycles. The lowest BCUT2D eigenvalue weighted by Gasteiger charge is -2.34. The van der Waals surface area contributed by atoms with E-state index in [0.29, 0.717) is 23.7 Å². The summed E-state index contributed by atoms with van der Waals surface area (Å²) < 4.78 is 66.7. The molecule has 6 atom stereocenters. The molecule has 0 spiro atoms. The van der Waals surface area contributed by atoms with Crippen LogP contribution in [0.4, 0.5) is 13.2 Å². The minimum absolute atomic E-state index is 0.00442. The van der Waals surface area contributed by atoms with Gasteiger partial charge in [0, 0.05) is 0 Å². The average molecular weight is 350 g/mol. The Morgan fingerprint density at radius 3 is 1.61 bits per heavy atom. The van der Waals surface area contributed by atoms with Crippen LogP contribution in [-0.2, 0) is 14.2 Å². The number of halogens is 3. The minimum atomic E-state index is -5.51. The Morgan fingerprint density at radius 2 is 1.30 bits per heavy atom. The second kappa shape index (κ2) is 5.38. The highest BCUT2D eigenvalue weighted by molar-refractivity contribution is 7.88. The number of hydrogen-bond donors (Lipinski definition) is 0. The Bertz CT molecular complexity index is 551. The van der Waals surface area contributed by atoms with Gasteiger partial charge in [-0.1, -0.05) is 38.5 Å². The third kappa shape index (κ3) is 2.73. The van der Waals surface area contributed by atoms with Crippen LogP contribution in [0.15, 0.2) is 0 Å². The smallest absolute Gasteiger partial charge is 0.326 e. The van der Waals surface area contributed by atoms with E-state index >= 15 is 0 Å². The first-order valence-corrected chi connectivity index (χ1v) is 10.1. The quantitative estimate of drug-likeness (QED) is 0.563. The molecule has 0 saturated heterocycles. The fourth-order valence-corrected chi connectivity index (χ4v) is 6.74. The van der Waals surface area contributed by atoms with Gasteiger partial charge in [0.25, 0.3) is 0 Å². The summed E-state index contributed by atoms with van der Waals surface area (Å²) in [5.41, 5.74) is -5.32. The van der Waals surface area contributed by atoms with Crippen LogP contribution in [0.1, 0.15) is 51.4 Å². The molecule has 0 aromatic rings. The van der Waals surface area contributed by atoms with E-state index in [1.165, 1.54) is 0 Å². The molecule has 4 rings (SSSR count).